The quantitative estimate of drug-likeness (QED) is 0.203. The number of allylic oxidation sites excluding steroid dienone is 5. The van der Waals surface area contributed by atoms with Gasteiger partial charge in [0.15, 0.2) is 5.78 Å². The van der Waals surface area contributed by atoms with E-state index in [1.54, 1.807) is 0 Å². The monoisotopic (exact) mass is 593 g/mol. The lowest BCUT2D eigenvalue weighted by Crippen LogP contribution is -2.22. The Morgan fingerprint density at radius 1 is 0.587 bits per heavy atom. The fourth-order valence-electron chi connectivity index (χ4n) is 8.54. The molecule has 2 nitrogen and oxygen atoms in total. The van der Waals surface area contributed by atoms with Crippen molar-refractivity contribution < 1.29 is 4.79 Å². The standard InChI is InChI=1S/C44H35NO/c1-43(2)36-20-9-7-15-30(36)32-18-11-13-27(25-38(32)43)45(40-22-12-19-34-29-14-5-6-17-35(29)42(46)41(34)40)28-23-24-33-31-16-8-10-21-37(31)44(3,4)39(33)26-28/h5-12,14-26H,13H2,1-4H3. The molecular weight excluding hydrogens is 558 g/mol. The minimum absolute atomic E-state index is 0.0957. The third-order valence-corrected chi connectivity index (χ3v) is 10.9. The molecule has 0 spiro atoms. The molecule has 0 N–H and O–H groups in total. The van der Waals surface area contributed by atoms with E-state index < -0.39 is 0 Å². The molecule has 0 heterocycles. The van der Waals surface area contributed by atoms with Crippen LogP contribution in [0.5, 0.6) is 0 Å². The fourth-order valence-corrected chi connectivity index (χ4v) is 8.54. The zero-order valence-electron chi connectivity index (χ0n) is 26.7. The van der Waals surface area contributed by atoms with Crippen LogP contribution in [0.15, 0.2) is 139 Å². The molecule has 222 valence electrons. The van der Waals surface area contributed by atoms with Gasteiger partial charge in [0.2, 0.25) is 0 Å². The molecule has 9 rings (SSSR count). The molecule has 4 aliphatic rings. The topological polar surface area (TPSA) is 20.3 Å². The van der Waals surface area contributed by atoms with Gasteiger partial charge >= 0.3 is 0 Å². The van der Waals surface area contributed by atoms with Gasteiger partial charge in [-0.1, -0.05) is 131 Å². The number of hydrogen-bond donors (Lipinski definition) is 0. The van der Waals surface area contributed by atoms with Gasteiger partial charge in [-0.3, -0.25) is 4.79 Å². The summed E-state index contributed by atoms with van der Waals surface area (Å²) >= 11 is 0. The molecule has 0 saturated heterocycles. The van der Waals surface area contributed by atoms with Gasteiger partial charge < -0.3 is 4.90 Å². The summed E-state index contributed by atoms with van der Waals surface area (Å²) in [7, 11) is 0. The Kier molecular flexibility index (Phi) is 5.55. The molecule has 0 radical (unpaired) electrons. The number of anilines is 2. The van der Waals surface area contributed by atoms with Crippen LogP contribution in [0, 0.1) is 0 Å². The summed E-state index contributed by atoms with van der Waals surface area (Å²) in [5.41, 5.74) is 17.0. The molecule has 0 aliphatic heterocycles. The summed E-state index contributed by atoms with van der Waals surface area (Å²) < 4.78 is 0. The molecule has 0 bridgehead atoms. The highest BCUT2D eigenvalue weighted by Gasteiger charge is 2.39. The number of nitrogens with zero attached hydrogens (tertiary/aromatic N) is 1. The Morgan fingerprint density at radius 3 is 2.00 bits per heavy atom. The Labute approximate surface area is 271 Å². The van der Waals surface area contributed by atoms with E-state index in [0.29, 0.717) is 0 Å². The van der Waals surface area contributed by atoms with Crippen molar-refractivity contribution in [2.75, 3.05) is 4.90 Å². The molecule has 2 heteroatoms. The van der Waals surface area contributed by atoms with Gasteiger partial charge in [-0.05, 0) is 79.9 Å². The first-order valence-electron chi connectivity index (χ1n) is 16.3. The molecule has 0 atom stereocenters. The summed E-state index contributed by atoms with van der Waals surface area (Å²) in [6, 6.07) is 38.9. The smallest absolute Gasteiger partial charge is 0.196 e. The second kappa shape index (κ2) is 9.40. The van der Waals surface area contributed by atoms with Crippen LogP contribution in [-0.2, 0) is 10.8 Å². The van der Waals surface area contributed by atoms with Crippen molar-refractivity contribution in [1.82, 2.24) is 0 Å². The number of fused-ring (bicyclic) bond motifs is 8. The lowest BCUT2D eigenvalue weighted by Gasteiger charge is -2.32. The summed E-state index contributed by atoms with van der Waals surface area (Å²) in [4.78, 5) is 16.6. The van der Waals surface area contributed by atoms with Crippen LogP contribution in [0.25, 0.3) is 27.8 Å². The summed E-state index contributed by atoms with van der Waals surface area (Å²) in [5.74, 6) is 0.0957. The summed E-state index contributed by atoms with van der Waals surface area (Å²) in [5, 5.41) is 0. The average molecular weight is 594 g/mol. The van der Waals surface area contributed by atoms with E-state index in [4.69, 9.17) is 0 Å². The van der Waals surface area contributed by atoms with Gasteiger partial charge in [0.1, 0.15) is 0 Å². The SMILES string of the molecule is CC1(C)C2=C(C=CCC(N(c3ccc4c(c3)C(C)(C)c3ccccc3-4)c3cccc4c3C(=O)c3ccccc3-4)=C2)c2ccccc21. The van der Waals surface area contributed by atoms with Crippen LogP contribution >= 0.6 is 0 Å². The molecular formula is C44H35NO. The Bertz CT molecular complexity index is 2260. The van der Waals surface area contributed by atoms with Crippen molar-refractivity contribution in [1.29, 1.82) is 0 Å². The van der Waals surface area contributed by atoms with Crippen LogP contribution in [0.1, 0.15) is 72.3 Å². The highest BCUT2D eigenvalue weighted by molar-refractivity contribution is 6.24. The van der Waals surface area contributed by atoms with Gasteiger partial charge in [0, 0.05) is 34.2 Å². The van der Waals surface area contributed by atoms with Gasteiger partial charge in [-0.15, -0.1) is 0 Å². The number of rotatable bonds is 3. The van der Waals surface area contributed by atoms with E-state index >= 15 is 0 Å². The van der Waals surface area contributed by atoms with E-state index in [0.717, 1.165) is 45.7 Å². The first-order valence-corrected chi connectivity index (χ1v) is 16.3. The Balaban J connectivity index is 1.29. The maximum atomic E-state index is 14.2. The van der Waals surface area contributed by atoms with Crippen molar-refractivity contribution in [3.05, 3.63) is 172 Å². The summed E-state index contributed by atoms with van der Waals surface area (Å²) in [6.45, 7) is 9.33. The lowest BCUT2D eigenvalue weighted by molar-refractivity contribution is 0.104. The predicted octanol–water partition coefficient (Wildman–Crippen LogP) is 10.9. The third kappa shape index (κ3) is 3.56. The molecule has 0 fully saturated rings. The van der Waals surface area contributed by atoms with Crippen LogP contribution in [0.3, 0.4) is 0 Å². The highest BCUT2D eigenvalue weighted by atomic mass is 16.1. The van der Waals surface area contributed by atoms with Crippen LogP contribution < -0.4 is 4.90 Å². The molecule has 46 heavy (non-hydrogen) atoms. The van der Waals surface area contributed by atoms with Gasteiger partial charge in [-0.25, -0.2) is 0 Å². The van der Waals surface area contributed by atoms with E-state index in [2.05, 4.69) is 142 Å². The molecule has 0 unspecified atom stereocenters. The molecule has 5 aromatic rings. The highest BCUT2D eigenvalue weighted by Crippen LogP contribution is 2.53. The number of ketones is 1. The molecule has 5 aromatic carbocycles. The maximum absolute atomic E-state index is 14.2. The van der Waals surface area contributed by atoms with E-state index in [-0.39, 0.29) is 16.6 Å². The second-order valence-electron chi connectivity index (χ2n) is 14.1. The zero-order valence-corrected chi connectivity index (χ0v) is 26.7. The van der Waals surface area contributed by atoms with Gasteiger partial charge in [0.25, 0.3) is 0 Å². The first kappa shape index (κ1) is 27.1. The number of hydrogen-bond acceptors (Lipinski definition) is 2. The molecule has 0 saturated carbocycles. The second-order valence-corrected chi connectivity index (χ2v) is 14.1. The van der Waals surface area contributed by atoms with Gasteiger partial charge in [-0.2, -0.15) is 0 Å². The minimum Gasteiger partial charge on any atom is -0.313 e. The van der Waals surface area contributed by atoms with Crippen LogP contribution in [-0.4, -0.2) is 5.78 Å². The minimum atomic E-state index is -0.149. The van der Waals surface area contributed by atoms with Crippen molar-refractivity contribution in [2.24, 2.45) is 0 Å². The Morgan fingerprint density at radius 2 is 1.22 bits per heavy atom. The third-order valence-electron chi connectivity index (χ3n) is 10.9. The van der Waals surface area contributed by atoms with Gasteiger partial charge in [0.05, 0.1) is 11.3 Å². The van der Waals surface area contributed by atoms with E-state index in [1.807, 2.05) is 18.2 Å². The fraction of sp³-hybridized carbons (Fsp3) is 0.159. The largest absolute Gasteiger partial charge is 0.313 e. The number of benzene rings is 5. The normalized spacial score (nSPS) is 17.4. The van der Waals surface area contributed by atoms with Crippen molar-refractivity contribution in [2.45, 2.75) is 44.9 Å². The van der Waals surface area contributed by atoms with E-state index in [9.17, 15) is 4.79 Å². The van der Waals surface area contributed by atoms with E-state index in [1.165, 1.54) is 44.5 Å². The van der Waals surface area contributed by atoms with Crippen molar-refractivity contribution in [3.63, 3.8) is 0 Å². The molecule has 0 amide bonds. The lowest BCUT2D eigenvalue weighted by atomic mass is 9.80. The average Bonchev–Trinajstić information content (AvgIpc) is 3.47. The van der Waals surface area contributed by atoms with Crippen LogP contribution in [0.4, 0.5) is 11.4 Å². The number of carbonyl (C=O) groups excluding carboxylic acids is 1. The predicted molar refractivity (Wildman–Crippen MR) is 190 cm³/mol. The van der Waals surface area contributed by atoms with Crippen molar-refractivity contribution >= 4 is 22.7 Å². The number of carbonyl (C=O) groups is 1. The maximum Gasteiger partial charge on any atom is 0.196 e. The zero-order chi connectivity index (χ0) is 31.4. The first-order chi connectivity index (χ1) is 22.3. The molecule has 4 aliphatic carbocycles. The van der Waals surface area contributed by atoms with Crippen molar-refractivity contribution in [3.8, 4) is 22.3 Å². The summed E-state index contributed by atoms with van der Waals surface area (Å²) in [6.07, 6.45) is 7.76. The molecule has 0 aromatic heterocycles. The van der Waals surface area contributed by atoms with Crippen LogP contribution in [0.2, 0.25) is 0 Å². The Hall–Kier alpha value is -5.21.